The lowest BCUT2D eigenvalue weighted by Gasteiger charge is -2.22. The predicted molar refractivity (Wildman–Crippen MR) is 71.6 cm³/mol. The van der Waals surface area contributed by atoms with Gasteiger partial charge in [-0.2, -0.15) is 0 Å². The minimum atomic E-state index is -0.434. The van der Waals surface area contributed by atoms with Gasteiger partial charge in [-0.15, -0.1) is 0 Å². The number of benzene rings is 1. The van der Waals surface area contributed by atoms with Gasteiger partial charge < -0.3 is 5.32 Å². The van der Waals surface area contributed by atoms with Crippen LogP contribution in [0.15, 0.2) is 18.2 Å². The van der Waals surface area contributed by atoms with Crippen molar-refractivity contribution in [1.29, 1.82) is 0 Å². The molecule has 18 heavy (non-hydrogen) atoms. The van der Waals surface area contributed by atoms with E-state index < -0.39 is 11.6 Å². The van der Waals surface area contributed by atoms with Gasteiger partial charge >= 0.3 is 0 Å². The molecule has 102 valence electrons. The van der Waals surface area contributed by atoms with Crippen LogP contribution in [0, 0.1) is 23.5 Å². The molecule has 1 unspecified atom stereocenters. The molecule has 0 aliphatic heterocycles. The van der Waals surface area contributed by atoms with Gasteiger partial charge in [-0.25, -0.2) is 8.78 Å². The van der Waals surface area contributed by atoms with Crippen LogP contribution < -0.4 is 5.32 Å². The van der Waals surface area contributed by atoms with Gasteiger partial charge in [-0.3, -0.25) is 0 Å². The van der Waals surface area contributed by atoms with E-state index in [1.807, 2.05) is 0 Å². The Kier molecular flexibility index (Phi) is 6.27. The zero-order valence-electron chi connectivity index (χ0n) is 11.5. The van der Waals surface area contributed by atoms with E-state index in [1.54, 1.807) is 0 Å². The molecule has 1 rings (SSSR count). The van der Waals surface area contributed by atoms with Gasteiger partial charge in [0.15, 0.2) is 0 Å². The van der Waals surface area contributed by atoms with Crippen molar-refractivity contribution < 1.29 is 8.78 Å². The first-order valence-electron chi connectivity index (χ1n) is 6.69. The topological polar surface area (TPSA) is 12.0 Å². The van der Waals surface area contributed by atoms with Crippen molar-refractivity contribution in [2.24, 2.45) is 11.8 Å². The summed E-state index contributed by atoms with van der Waals surface area (Å²) in [4.78, 5) is 0. The second kappa shape index (κ2) is 7.47. The highest BCUT2D eigenvalue weighted by molar-refractivity contribution is 5.20. The lowest BCUT2D eigenvalue weighted by atomic mass is 9.88. The third-order valence-corrected chi connectivity index (χ3v) is 3.30. The van der Waals surface area contributed by atoms with Crippen LogP contribution in [0.1, 0.15) is 32.8 Å². The summed E-state index contributed by atoms with van der Waals surface area (Å²) in [6.07, 6.45) is 1.52. The van der Waals surface area contributed by atoms with E-state index in [9.17, 15) is 8.78 Å². The first-order valence-corrected chi connectivity index (χ1v) is 6.69. The third-order valence-electron chi connectivity index (χ3n) is 3.30. The van der Waals surface area contributed by atoms with Gasteiger partial charge in [0.25, 0.3) is 0 Å². The van der Waals surface area contributed by atoms with Gasteiger partial charge in [0.05, 0.1) is 0 Å². The normalized spacial score (nSPS) is 13.0. The van der Waals surface area contributed by atoms with Crippen molar-refractivity contribution in [3.8, 4) is 0 Å². The Morgan fingerprint density at radius 3 is 2.28 bits per heavy atom. The maximum Gasteiger partial charge on any atom is 0.129 e. The fourth-order valence-corrected chi connectivity index (χ4v) is 2.00. The Morgan fingerprint density at radius 2 is 1.78 bits per heavy atom. The summed E-state index contributed by atoms with van der Waals surface area (Å²) in [5, 5.41) is 3.33. The van der Waals surface area contributed by atoms with Crippen molar-refractivity contribution >= 4 is 0 Å². The Bertz CT molecular complexity index is 343. The molecule has 0 aliphatic carbocycles. The lowest BCUT2D eigenvalue weighted by Crippen LogP contribution is -2.28. The van der Waals surface area contributed by atoms with E-state index in [0.29, 0.717) is 12.3 Å². The zero-order chi connectivity index (χ0) is 13.5. The summed E-state index contributed by atoms with van der Waals surface area (Å²) < 4.78 is 27.2. The van der Waals surface area contributed by atoms with Crippen LogP contribution in [0.4, 0.5) is 8.78 Å². The fourth-order valence-electron chi connectivity index (χ4n) is 2.00. The van der Waals surface area contributed by atoms with Crippen molar-refractivity contribution in [3.63, 3.8) is 0 Å². The van der Waals surface area contributed by atoms with E-state index in [-0.39, 0.29) is 11.5 Å². The van der Waals surface area contributed by atoms with Crippen LogP contribution >= 0.6 is 0 Å². The Hall–Kier alpha value is -0.960. The average Bonchev–Trinajstić information content (AvgIpc) is 2.31. The molecular weight excluding hydrogens is 232 g/mol. The fraction of sp³-hybridized carbons (Fsp3) is 0.600. The second-order valence-corrected chi connectivity index (χ2v) is 5.11. The quantitative estimate of drug-likeness (QED) is 0.731. The Labute approximate surface area is 109 Å². The van der Waals surface area contributed by atoms with Crippen molar-refractivity contribution in [1.82, 2.24) is 5.32 Å². The molecule has 1 N–H and O–H groups in total. The summed E-state index contributed by atoms with van der Waals surface area (Å²) in [5.74, 6) is -0.219. The van der Waals surface area contributed by atoms with Crippen molar-refractivity contribution in [3.05, 3.63) is 35.4 Å². The molecule has 0 radical (unpaired) electrons. The first kappa shape index (κ1) is 15.1. The molecule has 0 aromatic heterocycles. The van der Waals surface area contributed by atoms with Crippen LogP contribution in [0.25, 0.3) is 0 Å². The van der Waals surface area contributed by atoms with Crippen LogP contribution in [0.3, 0.4) is 0 Å². The van der Waals surface area contributed by atoms with Gasteiger partial charge in [0, 0.05) is 5.56 Å². The van der Waals surface area contributed by atoms with Crippen molar-refractivity contribution in [2.45, 2.75) is 33.6 Å². The summed E-state index contributed by atoms with van der Waals surface area (Å²) >= 11 is 0. The molecule has 1 atom stereocenters. The highest BCUT2D eigenvalue weighted by Gasteiger charge is 2.18. The number of nitrogens with one attached hydrogen (secondary N) is 1. The minimum absolute atomic E-state index is 0.217. The number of rotatable bonds is 7. The highest BCUT2D eigenvalue weighted by atomic mass is 19.1. The molecule has 0 saturated carbocycles. The van der Waals surface area contributed by atoms with E-state index in [0.717, 1.165) is 19.5 Å². The molecule has 0 spiro atoms. The van der Waals surface area contributed by atoms with Crippen molar-refractivity contribution in [2.75, 3.05) is 13.1 Å². The molecule has 0 bridgehead atoms. The zero-order valence-corrected chi connectivity index (χ0v) is 11.5. The summed E-state index contributed by atoms with van der Waals surface area (Å²) in [5.41, 5.74) is 0.217. The smallest absolute Gasteiger partial charge is 0.129 e. The third kappa shape index (κ3) is 4.37. The molecule has 0 amide bonds. The molecule has 0 heterocycles. The Balaban J connectivity index is 2.71. The molecule has 0 fully saturated rings. The van der Waals surface area contributed by atoms with Gasteiger partial charge in [-0.1, -0.05) is 26.8 Å². The first-order chi connectivity index (χ1) is 8.56. The minimum Gasteiger partial charge on any atom is -0.316 e. The van der Waals surface area contributed by atoms with Crippen LogP contribution in [-0.2, 0) is 6.42 Å². The maximum absolute atomic E-state index is 13.6. The summed E-state index contributed by atoms with van der Waals surface area (Å²) in [6, 6.07) is 4.07. The van der Waals surface area contributed by atoms with E-state index in [2.05, 4.69) is 26.1 Å². The van der Waals surface area contributed by atoms with Crippen LogP contribution in [0.2, 0.25) is 0 Å². The van der Waals surface area contributed by atoms with Gasteiger partial charge in [0.1, 0.15) is 11.6 Å². The van der Waals surface area contributed by atoms with E-state index >= 15 is 0 Å². The number of hydrogen-bond donors (Lipinski definition) is 1. The van der Waals surface area contributed by atoms with Crippen LogP contribution in [0.5, 0.6) is 0 Å². The van der Waals surface area contributed by atoms with Crippen LogP contribution in [-0.4, -0.2) is 13.1 Å². The lowest BCUT2D eigenvalue weighted by molar-refractivity contribution is 0.351. The monoisotopic (exact) mass is 255 g/mol. The molecule has 1 aromatic carbocycles. The summed E-state index contributed by atoms with van der Waals surface area (Å²) in [6.45, 7) is 8.05. The second-order valence-electron chi connectivity index (χ2n) is 5.11. The molecule has 0 saturated heterocycles. The average molecular weight is 255 g/mol. The molecule has 1 aromatic rings. The standard InChI is InChI=1S/C15H23F2N/c1-4-8-18-10-12(11(2)3)9-13-14(16)6-5-7-15(13)17/h5-7,11-12,18H,4,8-10H2,1-3H3. The van der Waals surface area contributed by atoms with Gasteiger partial charge in [0.2, 0.25) is 0 Å². The largest absolute Gasteiger partial charge is 0.316 e. The highest BCUT2D eigenvalue weighted by Crippen LogP contribution is 2.21. The number of halogens is 2. The number of hydrogen-bond acceptors (Lipinski definition) is 1. The SMILES string of the molecule is CCCNCC(Cc1c(F)cccc1F)C(C)C. The van der Waals surface area contributed by atoms with E-state index in [4.69, 9.17) is 0 Å². The Morgan fingerprint density at radius 1 is 1.17 bits per heavy atom. The molecular formula is C15H23F2N. The summed E-state index contributed by atoms with van der Waals surface area (Å²) in [7, 11) is 0. The van der Waals surface area contributed by atoms with E-state index in [1.165, 1.54) is 18.2 Å². The predicted octanol–water partition coefficient (Wildman–Crippen LogP) is 3.78. The maximum atomic E-state index is 13.6. The molecule has 1 nitrogen and oxygen atoms in total. The molecule has 3 heteroatoms. The van der Waals surface area contributed by atoms with Gasteiger partial charge in [-0.05, 0) is 49.9 Å². The molecule has 0 aliphatic rings.